The van der Waals surface area contributed by atoms with Crippen molar-refractivity contribution in [2.75, 3.05) is 12.3 Å². The molecule has 1 saturated heterocycles. The van der Waals surface area contributed by atoms with Crippen molar-refractivity contribution in [1.82, 2.24) is 9.97 Å². The zero-order chi connectivity index (χ0) is 11.1. The van der Waals surface area contributed by atoms with E-state index in [1.54, 1.807) is 0 Å². The average Bonchev–Trinajstić information content (AvgIpc) is 2.96. The Morgan fingerprint density at radius 1 is 1.25 bits per heavy atom. The van der Waals surface area contributed by atoms with Crippen molar-refractivity contribution in [3.63, 3.8) is 0 Å². The number of rotatable bonds is 2. The fourth-order valence-electron chi connectivity index (χ4n) is 2.05. The SMILES string of the molecule is Nc1nc(C2CCCO2)nc(C2CC2)c1Br. The van der Waals surface area contributed by atoms with Gasteiger partial charge in [-0.05, 0) is 41.6 Å². The molecule has 2 aliphatic rings. The highest BCUT2D eigenvalue weighted by Gasteiger charge is 2.31. The lowest BCUT2D eigenvalue weighted by Gasteiger charge is -2.12. The lowest BCUT2D eigenvalue weighted by Crippen LogP contribution is -2.08. The molecule has 1 aromatic heterocycles. The van der Waals surface area contributed by atoms with Crippen molar-refractivity contribution in [2.24, 2.45) is 0 Å². The molecule has 0 radical (unpaired) electrons. The normalized spacial score (nSPS) is 24.9. The second-order valence-corrected chi connectivity index (χ2v) is 5.24. The number of halogens is 1. The van der Waals surface area contributed by atoms with E-state index in [2.05, 4.69) is 25.9 Å². The summed E-state index contributed by atoms with van der Waals surface area (Å²) in [5, 5.41) is 0. The van der Waals surface area contributed by atoms with Crippen LogP contribution in [0.4, 0.5) is 5.82 Å². The van der Waals surface area contributed by atoms with Crippen molar-refractivity contribution in [3.8, 4) is 0 Å². The van der Waals surface area contributed by atoms with E-state index in [1.807, 2.05) is 0 Å². The van der Waals surface area contributed by atoms with E-state index < -0.39 is 0 Å². The lowest BCUT2D eigenvalue weighted by molar-refractivity contribution is 0.105. The molecule has 86 valence electrons. The lowest BCUT2D eigenvalue weighted by atomic mass is 10.2. The van der Waals surface area contributed by atoms with Crippen molar-refractivity contribution in [1.29, 1.82) is 0 Å². The summed E-state index contributed by atoms with van der Waals surface area (Å²) >= 11 is 3.47. The van der Waals surface area contributed by atoms with Gasteiger partial charge in [0, 0.05) is 12.5 Å². The van der Waals surface area contributed by atoms with Crippen molar-refractivity contribution in [2.45, 2.75) is 37.7 Å². The number of ether oxygens (including phenoxy) is 1. The van der Waals surface area contributed by atoms with E-state index in [-0.39, 0.29) is 6.10 Å². The van der Waals surface area contributed by atoms with Crippen LogP contribution >= 0.6 is 15.9 Å². The van der Waals surface area contributed by atoms with Crippen LogP contribution in [0, 0.1) is 0 Å². The summed E-state index contributed by atoms with van der Waals surface area (Å²) in [5.74, 6) is 1.88. The van der Waals surface area contributed by atoms with Crippen LogP contribution in [0.2, 0.25) is 0 Å². The largest absolute Gasteiger partial charge is 0.383 e. The molecule has 0 amide bonds. The van der Waals surface area contributed by atoms with Crippen LogP contribution in [-0.4, -0.2) is 16.6 Å². The van der Waals surface area contributed by atoms with Gasteiger partial charge in [-0.2, -0.15) is 0 Å². The van der Waals surface area contributed by atoms with E-state index in [0.717, 1.165) is 35.4 Å². The molecule has 1 aromatic rings. The minimum Gasteiger partial charge on any atom is -0.383 e. The van der Waals surface area contributed by atoms with Gasteiger partial charge in [0.1, 0.15) is 11.9 Å². The van der Waals surface area contributed by atoms with Crippen molar-refractivity contribution < 1.29 is 4.74 Å². The van der Waals surface area contributed by atoms with E-state index in [1.165, 1.54) is 12.8 Å². The molecule has 0 aromatic carbocycles. The third-order valence-corrected chi connectivity index (χ3v) is 3.91. The predicted octanol–water partition coefficient (Wildman–Crippen LogP) is 2.55. The number of nitrogen functional groups attached to an aromatic ring is 1. The molecular weight excluding hydrogens is 270 g/mol. The second-order valence-electron chi connectivity index (χ2n) is 4.44. The van der Waals surface area contributed by atoms with Gasteiger partial charge < -0.3 is 10.5 Å². The Hall–Kier alpha value is -0.680. The summed E-state index contributed by atoms with van der Waals surface area (Å²) in [5.41, 5.74) is 6.97. The molecule has 1 aliphatic carbocycles. The van der Waals surface area contributed by atoms with E-state index in [4.69, 9.17) is 10.5 Å². The number of hydrogen-bond acceptors (Lipinski definition) is 4. The Morgan fingerprint density at radius 3 is 2.69 bits per heavy atom. The first-order valence-corrected chi connectivity index (χ1v) is 6.49. The third kappa shape index (κ3) is 1.82. The number of nitrogens with zero attached hydrogens (tertiary/aromatic N) is 2. The highest BCUT2D eigenvalue weighted by molar-refractivity contribution is 9.10. The first kappa shape index (κ1) is 10.5. The minimum atomic E-state index is 0.0490. The molecular formula is C11H14BrN3O. The molecule has 0 bridgehead atoms. The summed E-state index contributed by atoms with van der Waals surface area (Å²) in [4.78, 5) is 8.93. The van der Waals surface area contributed by atoms with Gasteiger partial charge in [-0.3, -0.25) is 0 Å². The van der Waals surface area contributed by atoms with Crippen LogP contribution in [0.15, 0.2) is 4.47 Å². The fourth-order valence-corrected chi connectivity index (χ4v) is 2.55. The molecule has 1 aliphatic heterocycles. The quantitative estimate of drug-likeness (QED) is 0.906. The molecule has 1 unspecified atom stereocenters. The maximum absolute atomic E-state index is 5.90. The van der Waals surface area contributed by atoms with Crippen LogP contribution in [0.3, 0.4) is 0 Å². The van der Waals surface area contributed by atoms with Crippen molar-refractivity contribution >= 4 is 21.7 Å². The first-order valence-electron chi connectivity index (χ1n) is 5.70. The van der Waals surface area contributed by atoms with Gasteiger partial charge in [0.2, 0.25) is 0 Å². The smallest absolute Gasteiger partial charge is 0.159 e. The first-order chi connectivity index (χ1) is 7.75. The van der Waals surface area contributed by atoms with Crippen LogP contribution < -0.4 is 5.73 Å². The van der Waals surface area contributed by atoms with Crippen molar-refractivity contribution in [3.05, 3.63) is 16.0 Å². The van der Waals surface area contributed by atoms with Crippen LogP contribution in [0.1, 0.15) is 49.2 Å². The molecule has 0 spiro atoms. The molecule has 3 rings (SSSR count). The van der Waals surface area contributed by atoms with Gasteiger partial charge in [-0.1, -0.05) is 0 Å². The zero-order valence-corrected chi connectivity index (χ0v) is 10.5. The Labute approximate surface area is 103 Å². The molecule has 2 N–H and O–H groups in total. The predicted molar refractivity (Wildman–Crippen MR) is 64.0 cm³/mol. The number of anilines is 1. The van der Waals surface area contributed by atoms with Crippen LogP contribution in [-0.2, 0) is 4.74 Å². The molecule has 4 nitrogen and oxygen atoms in total. The molecule has 1 atom stereocenters. The van der Waals surface area contributed by atoms with E-state index in [0.29, 0.717) is 11.7 Å². The Balaban J connectivity index is 1.98. The van der Waals surface area contributed by atoms with Gasteiger partial charge >= 0.3 is 0 Å². The monoisotopic (exact) mass is 283 g/mol. The zero-order valence-electron chi connectivity index (χ0n) is 8.95. The molecule has 2 heterocycles. The average molecular weight is 284 g/mol. The number of hydrogen-bond donors (Lipinski definition) is 1. The number of nitrogens with two attached hydrogens (primary N) is 1. The number of aromatic nitrogens is 2. The van der Waals surface area contributed by atoms with Gasteiger partial charge in [0.15, 0.2) is 5.82 Å². The van der Waals surface area contributed by atoms with Crippen LogP contribution in [0.5, 0.6) is 0 Å². The molecule has 5 heteroatoms. The minimum absolute atomic E-state index is 0.0490. The van der Waals surface area contributed by atoms with E-state index >= 15 is 0 Å². The Morgan fingerprint density at radius 2 is 2.06 bits per heavy atom. The Kier molecular flexibility index (Phi) is 2.59. The second kappa shape index (κ2) is 3.96. The maximum atomic E-state index is 5.90. The van der Waals surface area contributed by atoms with Gasteiger partial charge in [-0.15, -0.1) is 0 Å². The fraction of sp³-hybridized carbons (Fsp3) is 0.636. The molecule has 1 saturated carbocycles. The summed E-state index contributed by atoms with van der Waals surface area (Å²) < 4.78 is 6.47. The molecule has 2 fully saturated rings. The van der Waals surface area contributed by atoms with Gasteiger partial charge in [0.25, 0.3) is 0 Å². The van der Waals surface area contributed by atoms with Crippen LogP contribution in [0.25, 0.3) is 0 Å². The highest BCUT2D eigenvalue weighted by Crippen LogP contribution is 2.44. The standard InChI is InChI=1S/C11H14BrN3O/c12-8-9(6-3-4-6)14-11(15-10(8)13)7-2-1-5-16-7/h6-7H,1-5H2,(H2,13,14,15). The maximum Gasteiger partial charge on any atom is 0.159 e. The molecule has 16 heavy (non-hydrogen) atoms. The summed E-state index contributed by atoms with van der Waals surface area (Å²) in [7, 11) is 0. The Bertz CT molecular complexity index is 414. The summed E-state index contributed by atoms with van der Waals surface area (Å²) in [6, 6.07) is 0. The van der Waals surface area contributed by atoms with E-state index in [9.17, 15) is 0 Å². The van der Waals surface area contributed by atoms with Gasteiger partial charge in [-0.25, -0.2) is 9.97 Å². The summed E-state index contributed by atoms with van der Waals surface area (Å²) in [6.07, 6.45) is 4.56. The van der Waals surface area contributed by atoms with Gasteiger partial charge in [0.05, 0.1) is 10.2 Å². The summed E-state index contributed by atoms with van der Waals surface area (Å²) in [6.45, 7) is 0.808. The third-order valence-electron chi connectivity index (χ3n) is 3.10. The highest BCUT2D eigenvalue weighted by atomic mass is 79.9. The topological polar surface area (TPSA) is 61.0 Å².